The number of nitro groups is 1. The molecule has 0 spiro atoms. The van der Waals surface area contributed by atoms with E-state index in [1.165, 1.54) is 11.6 Å². The van der Waals surface area contributed by atoms with Crippen LogP contribution in [0.4, 0.5) is 5.69 Å². The van der Waals surface area contributed by atoms with Crippen molar-refractivity contribution < 1.29 is 4.92 Å². The molecular formula is C21H23ClN6O2. The van der Waals surface area contributed by atoms with Gasteiger partial charge in [-0.2, -0.15) is 0 Å². The van der Waals surface area contributed by atoms with Gasteiger partial charge in [0.25, 0.3) is 5.69 Å². The Bertz CT molecular complexity index is 1090. The number of nitrogens with zero attached hydrogens (tertiary/aromatic N) is 6. The smallest absolute Gasteiger partial charge is 0.274 e. The molecule has 4 rings (SSSR count). The Hall–Kier alpha value is -2.84. The Labute approximate surface area is 179 Å². The highest BCUT2D eigenvalue weighted by atomic mass is 35.5. The fourth-order valence-electron chi connectivity index (χ4n) is 3.99. The molecule has 1 atom stereocenters. The van der Waals surface area contributed by atoms with Crippen LogP contribution in [-0.4, -0.2) is 36.6 Å². The molecule has 156 valence electrons. The second-order valence-corrected chi connectivity index (χ2v) is 8.91. The molecule has 3 aromatic rings. The lowest BCUT2D eigenvalue weighted by atomic mass is 9.95. The van der Waals surface area contributed by atoms with Crippen LogP contribution in [0, 0.1) is 10.1 Å². The third-order valence-electron chi connectivity index (χ3n) is 5.38. The van der Waals surface area contributed by atoms with Crippen LogP contribution in [0.25, 0.3) is 0 Å². The lowest BCUT2D eigenvalue weighted by Gasteiger charge is -2.36. The third kappa shape index (κ3) is 3.80. The maximum absolute atomic E-state index is 11.8. The van der Waals surface area contributed by atoms with Gasteiger partial charge in [-0.15, -0.1) is 5.10 Å². The van der Waals surface area contributed by atoms with Crippen LogP contribution in [-0.2, 0) is 18.5 Å². The molecule has 1 aliphatic heterocycles. The van der Waals surface area contributed by atoms with Gasteiger partial charge in [-0.1, -0.05) is 35.9 Å². The summed E-state index contributed by atoms with van der Waals surface area (Å²) >= 11 is 6.23. The van der Waals surface area contributed by atoms with Gasteiger partial charge in [0, 0.05) is 24.2 Å². The summed E-state index contributed by atoms with van der Waals surface area (Å²) in [4.78, 5) is 13.7. The van der Waals surface area contributed by atoms with Crippen molar-refractivity contribution >= 4 is 17.3 Å². The predicted octanol–water partition coefficient (Wildman–Crippen LogP) is 4.14. The van der Waals surface area contributed by atoms with Crippen molar-refractivity contribution in [2.75, 3.05) is 6.54 Å². The van der Waals surface area contributed by atoms with Gasteiger partial charge in [0.2, 0.25) is 0 Å². The minimum atomic E-state index is -0.465. The van der Waals surface area contributed by atoms with Crippen molar-refractivity contribution in [3.63, 3.8) is 0 Å². The predicted molar refractivity (Wildman–Crippen MR) is 113 cm³/mol. The van der Waals surface area contributed by atoms with Crippen molar-refractivity contribution in [2.45, 2.75) is 45.3 Å². The van der Waals surface area contributed by atoms with E-state index in [1.54, 1.807) is 16.8 Å². The van der Waals surface area contributed by atoms with Crippen molar-refractivity contribution in [3.05, 3.63) is 80.1 Å². The van der Waals surface area contributed by atoms with Crippen LogP contribution >= 0.6 is 11.6 Å². The molecule has 0 amide bonds. The molecule has 0 saturated heterocycles. The SMILES string of the molecule is CC(C)(C)n1nnnc1C(c1ccccc1[N+](=O)[O-])N1CCc2ccc(Cl)cc2C1. The second kappa shape index (κ2) is 7.77. The summed E-state index contributed by atoms with van der Waals surface area (Å²) in [6.45, 7) is 7.35. The van der Waals surface area contributed by atoms with E-state index in [-0.39, 0.29) is 16.1 Å². The first kappa shape index (κ1) is 20.4. The number of hydrogen-bond donors (Lipinski definition) is 0. The first-order chi connectivity index (χ1) is 14.3. The zero-order valence-corrected chi connectivity index (χ0v) is 17.9. The van der Waals surface area contributed by atoms with Crippen LogP contribution in [0.15, 0.2) is 42.5 Å². The molecule has 8 nitrogen and oxygen atoms in total. The van der Waals surface area contributed by atoms with Crippen molar-refractivity contribution in [1.29, 1.82) is 0 Å². The Morgan fingerprint density at radius 1 is 1.17 bits per heavy atom. The molecule has 0 fully saturated rings. The average Bonchev–Trinajstić information content (AvgIpc) is 3.18. The lowest BCUT2D eigenvalue weighted by molar-refractivity contribution is -0.385. The number of fused-ring (bicyclic) bond motifs is 1. The van der Waals surface area contributed by atoms with Crippen molar-refractivity contribution in [3.8, 4) is 0 Å². The fourth-order valence-corrected chi connectivity index (χ4v) is 4.19. The molecule has 1 unspecified atom stereocenters. The monoisotopic (exact) mass is 426 g/mol. The van der Waals surface area contributed by atoms with E-state index < -0.39 is 6.04 Å². The summed E-state index contributed by atoms with van der Waals surface area (Å²) in [6.07, 6.45) is 0.820. The van der Waals surface area contributed by atoms with E-state index in [4.69, 9.17) is 11.6 Å². The fraction of sp³-hybridized carbons (Fsp3) is 0.381. The minimum absolute atomic E-state index is 0.0582. The van der Waals surface area contributed by atoms with Gasteiger partial charge in [-0.3, -0.25) is 15.0 Å². The Balaban J connectivity index is 1.86. The molecule has 0 radical (unpaired) electrons. The van der Waals surface area contributed by atoms with Crippen molar-refractivity contribution in [2.24, 2.45) is 0 Å². The molecule has 9 heteroatoms. The molecule has 0 N–H and O–H groups in total. The van der Waals surface area contributed by atoms with Gasteiger partial charge in [-0.25, -0.2) is 4.68 Å². The van der Waals surface area contributed by atoms with Crippen LogP contribution < -0.4 is 0 Å². The molecule has 1 aliphatic rings. The van der Waals surface area contributed by atoms with Crippen molar-refractivity contribution in [1.82, 2.24) is 25.1 Å². The summed E-state index contributed by atoms with van der Waals surface area (Å²) < 4.78 is 1.75. The average molecular weight is 427 g/mol. The maximum atomic E-state index is 11.8. The molecule has 30 heavy (non-hydrogen) atoms. The van der Waals surface area contributed by atoms with E-state index in [9.17, 15) is 10.1 Å². The second-order valence-electron chi connectivity index (χ2n) is 8.47. The highest BCUT2D eigenvalue weighted by Crippen LogP contribution is 2.37. The largest absolute Gasteiger partial charge is 0.285 e. The first-order valence-corrected chi connectivity index (χ1v) is 10.2. The molecule has 2 heterocycles. The first-order valence-electron chi connectivity index (χ1n) is 9.79. The molecule has 1 aromatic heterocycles. The van der Waals surface area contributed by atoms with Gasteiger partial charge in [0.15, 0.2) is 5.82 Å². The van der Waals surface area contributed by atoms with E-state index in [2.05, 4.69) is 20.4 Å². The van der Waals surface area contributed by atoms with E-state index in [1.807, 2.05) is 45.0 Å². The minimum Gasteiger partial charge on any atom is -0.285 e. The van der Waals surface area contributed by atoms with E-state index in [0.717, 1.165) is 18.5 Å². The van der Waals surface area contributed by atoms with E-state index in [0.29, 0.717) is 23.0 Å². The third-order valence-corrected chi connectivity index (χ3v) is 5.61. The molecule has 0 bridgehead atoms. The Kier molecular flexibility index (Phi) is 5.29. The summed E-state index contributed by atoms with van der Waals surface area (Å²) in [6, 6.07) is 12.3. The number of nitro benzene ring substituents is 1. The van der Waals surface area contributed by atoms with Gasteiger partial charge in [0.05, 0.1) is 16.0 Å². The molecular weight excluding hydrogens is 404 g/mol. The highest BCUT2D eigenvalue weighted by Gasteiger charge is 2.36. The van der Waals surface area contributed by atoms with Gasteiger partial charge >= 0.3 is 0 Å². The number of rotatable bonds is 4. The number of benzene rings is 2. The van der Waals surface area contributed by atoms with Gasteiger partial charge < -0.3 is 0 Å². The normalized spacial score (nSPS) is 15.6. The highest BCUT2D eigenvalue weighted by molar-refractivity contribution is 6.30. The Morgan fingerprint density at radius 2 is 1.93 bits per heavy atom. The van der Waals surface area contributed by atoms with Gasteiger partial charge in [-0.05, 0) is 60.9 Å². The topological polar surface area (TPSA) is 90.0 Å². The summed E-state index contributed by atoms with van der Waals surface area (Å²) in [5.74, 6) is 0.585. The zero-order valence-electron chi connectivity index (χ0n) is 17.1. The number of halogens is 1. The van der Waals surface area contributed by atoms with E-state index >= 15 is 0 Å². The summed E-state index contributed by atoms with van der Waals surface area (Å²) in [5, 5.41) is 24.9. The van der Waals surface area contributed by atoms with Crippen LogP contribution in [0.1, 0.15) is 49.3 Å². The summed E-state index contributed by atoms with van der Waals surface area (Å²) in [7, 11) is 0. The number of para-hydroxylation sites is 1. The molecule has 0 aliphatic carbocycles. The number of hydrogen-bond acceptors (Lipinski definition) is 6. The van der Waals surface area contributed by atoms with Crippen LogP contribution in [0.5, 0.6) is 0 Å². The molecule has 2 aromatic carbocycles. The maximum Gasteiger partial charge on any atom is 0.274 e. The Morgan fingerprint density at radius 3 is 2.67 bits per heavy atom. The number of tetrazole rings is 1. The summed E-state index contributed by atoms with van der Waals surface area (Å²) in [5.41, 5.74) is 2.62. The van der Waals surface area contributed by atoms with Gasteiger partial charge in [0.1, 0.15) is 6.04 Å². The lowest BCUT2D eigenvalue weighted by Crippen LogP contribution is -2.38. The van der Waals surface area contributed by atoms with Crippen LogP contribution in [0.3, 0.4) is 0 Å². The van der Waals surface area contributed by atoms with Crippen LogP contribution in [0.2, 0.25) is 5.02 Å². The molecule has 0 saturated carbocycles. The standard InChI is InChI=1S/C21H23ClN6O2/c1-21(2,3)27-20(23-24-25-27)19(17-6-4-5-7-18(17)28(29)30)26-11-10-14-8-9-16(22)12-15(14)13-26/h4-9,12,19H,10-11,13H2,1-3H3. The number of aromatic nitrogens is 4. The zero-order chi connectivity index (χ0) is 21.5. The quantitative estimate of drug-likeness (QED) is 0.460.